The Bertz CT molecular complexity index is 645. The normalized spacial score (nSPS) is 21.0. The molecule has 0 saturated carbocycles. The number of hydrogen-bond acceptors (Lipinski definition) is 3. The van der Waals surface area contributed by atoms with Gasteiger partial charge in [0, 0.05) is 35.2 Å². The highest BCUT2D eigenvalue weighted by Crippen LogP contribution is 2.39. The van der Waals surface area contributed by atoms with E-state index >= 15 is 0 Å². The number of anilines is 1. The molecule has 1 saturated heterocycles. The van der Waals surface area contributed by atoms with Crippen LogP contribution in [-0.2, 0) is 11.2 Å². The molecule has 4 nitrogen and oxygen atoms in total. The van der Waals surface area contributed by atoms with E-state index in [-0.39, 0.29) is 6.09 Å². The summed E-state index contributed by atoms with van der Waals surface area (Å²) in [7, 11) is 0. The van der Waals surface area contributed by atoms with Crippen molar-refractivity contribution in [3.8, 4) is 0 Å². The Labute approximate surface area is 157 Å². The molecule has 3 rings (SSSR count). The van der Waals surface area contributed by atoms with Gasteiger partial charge in [0.05, 0.1) is 5.69 Å². The van der Waals surface area contributed by atoms with E-state index in [0.29, 0.717) is 12.6 Å². The molecule has 0 aliphatic carbocycles. The molecular formula is C18H24BrClN2O2. The van der Waals surface area contributed by atoms with E-state index in [9.17, 15) is 4.79 Å². The van der Waals surface area contributed by atoms with Crippen LogP contribution < -0.4 is 4.90 Å². The van der Waals surface area contributed by atoms with Crippen molar-refractivity contribution in [2.75, 3.05) is 24.5 Å². The number of amides is 1. The quantitative estimate of drug-likeness (QED) is 0.656. The number of likely N-dealkylation sites (tertiary alicyclic amines) is 1. The predicted octanol–water partition coefficient (Wildman–Crippen LogP) is 4.86. The van der Waals surface area contributed by atoms with Crippen LogP contribution in [0.25, 0.3) is 0 Å². The zero-order chi connectivity index (χ0) is 17.5. The minimum atomic E-state index is -0.452. The standard InChI is InChI=1S/C18H24BrClN2O2/c1-18(2,3)24-17(23)21-8-6-14(11-21)22-7-4-5-12-9-13(20)10-15(19)16(12)22/h9-10,14H,4-8,11H2,1-3H3. The first-order valence-corrected chi connectivity index (χ1v) is 9.64. The lowest BCUT2D eigenvalue weighted by Crippen LogP contribution is -2.42. The fourth-order valence-corrected chi connectivity index (χ4v) is 4.64. The Hall–Kier alpha value is -0.940. The summed E-state index contributed by atoms with van der Waals surface area (Å²) in [4.78, 5) is 16.6. The Morgan fingerprint density at radius 2 is 2.08 bits per heavy atom. The third-order valence-corrected chi connectivity index (χ3v) is 5.32. The summed E-state index contributed by atoms with van der Waals surface area (Å²) in [6.45, 7) is 8.18. The van der Waals surface area contributed by atoms with Gasteiger partial charge in [-0.15, -0.1) is 0 Å². The molecule has 24 heavy (non-hydrogen) atoms. The van der Waals surface area contributed by atoms with E-state index in [1.165, 1.54) is 11.3 Å². The monoisotopic (exact) mass is 414 g/mol. The molecule has 2 aliphatic rings. The third-order valence-electron chi connectivity index (χ3n) is 4.50. The fraction of sp³-hybridized carbons (Fsp3) is 0.611. The molecule has 1 aromatic rings. The van der Waals surface area contributed by atoms with Gasteiger partial charge in [-0.3, -0.25) is 0 Å². The van der Waals surface area contributed by atoms with Gasteiger partial charge in [0.25, 0.3) is 0 Å². The van der Waals surface area contributed by atoms with Crippen LogP contribution in [0.1, 0.15) is 39.2 Å². The summed E-state index contributed by atoms with van der Waals surface area (Å²) >= 11 is 9.87. The molecule has 0 spiro atoms. The Morgan fingerprint density at radius 3 is 2.79 bits per heavy atom. The maximum Gasteiger partial charge on any atom is 0.410 e. The van der Waals surface area contributed by atoms with E-state index in [1.807, 2.05) is 31.7 Å². The van der Waals surface area contributed by atoms with Gasteiger partial charge in [0.15, 0.2) is 0 Å². The molecule has 1 unspecified atom stereocenters. The van der Waals surface area contributed by atoms with Crippen LogP contribution in [0, 0.1) is 0 Å². The summed E-state index contributed by atoms with van der Waals surface area (Å²) in [5.74, 6) is 0. The number of nitrogens with zero attached hydrogens (tertiary/aromatic N) is 2. The summed E-state index contributed by atoms with van der Waals surface area (Å²) in [5, 5.41) is 0.768. The number of ether oxygens (including phenoxy) is 1. The first-order valence-electron chi connectivity index (χ1n) is 8.47. The average Bonchev–Trinajstić information content (AvgIpc) is 2.94. The number of hydrogen-bond donors (Lipinski definition) is 0. The van der Waals surface area contributed by atoms with Gasteiger partial charge in [-0.2, -0.15) is 0 Å². The number of carbonyl (C=O) groups excluding carboxylic acids is 1. The van der Waals surface area contributed by atoms with E-state index in [1.54, 1.807) is 0 Å². The van der Waals surface area contributed by atoms with Gasteiger partial charge in [-0.1, -0.05) is 11.6 Å². The van der Waals surface area contributed by atoms with Gasteiger partial charge in [-0.05, 0) is 73.7 Å². The minimum absolute atomic E-state index is 0.211. The van der Waals surface area contributed by atoms with Crippen molar-refractivity contribution in [3.63, 3.8) is 0 Å². The second-order valence-electron chi connectivity index (χ2n) is 7.56. The molecule has 2 heterocycles. The lowest BCUT2D eigenvalue weighted by molar-refractivity contribution is 0.0292. The average molecular weight is 416 g/mol. The van der Waals surface area contributed by atoms with Crippen LogP contribution in [0.3, 0.4) is 0 Å². The molecule has 0 N–H and O–H groups in total. The zero-order valence-corrected chi connectivity index (χ0v) is 16.8. The second kappa shape index (κ2) is 6.75. The lowest BCUT2D eigenvalue weighted by Gasteiger charge is -2.37. The molecule has 6 heteroatoms. The smallest absolute Gasteiger partial charge is 0.410 e. The predicted molar refractivity (Wildman–Crippen MR) is 101 cm³/mol. The second-order valence-corrected chi connectivity index (χ2v) is 8.85. The van der Waals surface area contributed by atoms with Crippen LogP contribution in [0.15, 0.2) is 16.6 Å². The summed E-state index contributed by atoms with van der Waals surface area (Å²) < 4.78 is 6.55. The first kappa shape index (κ1) is 17.9. The highest BCUT2D eigenvalue weighted by molar-refractivity contribution is 9.10. The highest BCUT2D eigenvalue weighted by Gasteiger charge is 2.35. The van der Waals surface area contributed by atoms with Crippen molar-refractivity contribution in [2.45, 2.75) is 51.7 Å². The third kappa shape index (κ3) is 3.83. The van der Waals surface area contributed by atoms with Crippen molar-refractivity contribution >= 4 is 39.3 Å². The summed E-state index contributed by atoms with van der Waals surface area (Å²) in [6.07, 6.45) is 2.92. The Balaban J connectivity index is 1.75. The number of aryl methyl sites for hydroxylation is 1. The van der Waals surface area contributed by atoms with E-state index in [4.69, 9.17) is 16.3 Å². The van der Waals surface area contributed by atoms with E-state index in [2.05, 4.69) is 26.9 Å². The molecular weight excluding hydrogens is 392 g/mol. The Kier molecular flexibility index (Phi) is 5.03. The molecule has 1 aromatic carbocycles. The van der Waals surface area contributed by atoms with Gasteiger partial charge in [0.1, 0.15) is 5.60 Å². The largest absolute Gasteiger partial charge is 0.444 e. The van der Waals surface area contributed by atoms with Crippen molar-refractivity contribution in [3.05, 3.63) is 27.2 Å². The number of fused-ring (bicyclic) bond motifs is 1. The number of halogens is 2. The molecule has 0 bridgehead atoms. The molecule has 0 radical (unpaired) electrons. The molecule has 0 aromatic heterocycles. The summed E-state index contributed by atoms with van der Waals surface area (Å²) in [5.41, 5.74) is 2.07. The molecule has 2 aliphatic heterocycles. The Morgan fingerprint density at radius 1 is 1.33 bits per heavy atom. The van der Waals surface area contributed by atoms with E-state index < -0.39 is 5.60 Å². The summed E-state index contributed by atoms with van der Waals surface area (Å²) in [6, 6.07) is 4.35. The van der Waals surface area contributed by atoms with Gasteiger partial charge >= 0.3 is 6.09 Å². The van der Waals surface area contributed by atoms with Gasteiger partial charge < -0.3 is 14.5 Å². The van der Waals surface area contributed by atoms with Crippen molar-refractivity contribution in [1.82, 2.24) is 4.90 Å². The lowest BCUT2D eigenvalue weighted by atomic mass is 9.99. The molecule has 1 fully saturated rings. The van der Waals surface area contributed by atoms with Crippen LogP contribution in [0.5, 0.6) is 0 Å². The van der Waals surface area contributed by atoms with Crippen molar-refractivity contribution in [2.24, 2.45) is 0 Å². The number of benzene rings is 1. The zero-order valence-electron chi connectivity index (χ0n) is 14.4. The molecule has 1 amide bonds. The maximum atomic E-state index is 12.3. The van der Waals surface area contributed by atoms with E-state index in [0.717, 1.165) is 41.8 Å². The molecule has 1 atom stereocenters. The van der Waals surface area contributed by atoms with Crippen LogP contribution >= 0.6 is 27.5 Å². The van der Waals surface area contributed by atoms with Crippen molar-refractivity contribution < 1.29 is 9.53 Å². The minimum Gasteiger partial charge on any atom is -0.444 e. The van der Waals surface area contributed by atoms with Crippen LogP contribution in [-0.4, -0.2) is 42.3 Å². The van der Waals surface area contributed by atoms with Crippen molar-refractivity contribution in [1.29, 1.82) is 0 Å². The SMILES string of the molecule is CC(C)(C)OC(=O)N1CCC(N2CCCc3cc(Cl)cc(Br)c32)C1. The van der Waals surface area contributed by atoms with Crippen LogP contribution in [0.2, 0.25) is 5.02 Å². The van der Waals surface area contributed by atoms with Crippen LogP contribution in [0.4, 0.5) is 10.5 Å². The van der Waals surface area contributed by atoms with Gasteiger partial charge in [0.2, 0.25) is 0 Å². The maximum absolute atomic E-state index is 12.3. The number of carbonyl (C=O) groups is 1. The number of rotatable bonds is 1. The first-order chi connectivity index (χ1) is 11.2. The highest BCUT2D eigenvalue weighted by atomic mass is 79.9. The van der Waals surface area contributed by atoms with Gasteiger partial charge in [-0.25, -0.2) is 4.79 Å². The molecule has 132 valence electrons. The fourth-order valence-electron chi connectivity index (χ4n) is 3.54. The topological polar surface area (TPSA) is 32.8 Å².